The van der Waals surface area contributed by atoms with E-state index in [0.717, 1.165) is 19.5 Å². The number of halogens is 3. The van der Waals surface area contributed by atoms with E-state index in [1.165, 1.54) is 0 Å². The van der Waals surface area contributed by atoms with Crippen molar-refractivity contribution in [3.63, 3.8) is 0 Å². The third kappa shape index (κ3) is 3.32. The van der Waals surface area contributed by atoms with Crippen molar-refractivity contribution in [2.45, 2.75) is 12.6 Å². The number of amides is 1. The Kier molecular flexibility index (Phi) is 4.33. The van der Waals surface area contributed by atoms with Crippen molar-refractivity contribution >= 4 is 22.9 Å². The Morgan fingerprint density at radius 2 is 1.93 bits per heavy atom. The number of nitrogens with two attached hydrogens (primary N) is 1. The first-order valence-corrected chi connectivity index (χ1v) is 8.66. The number of aromatic amines is 1. The summed E-state index contributed by atoms with van der Waals surface area (Å²) < 4.78 is 39.1. The average Bonchev–Trinajstić information content (AvgIpc) is 3.07. The number of rotatable bonds is 3. The highest BCUT2D eigenvalue weighted by atomic mass is 19.4. The number of anilines is 1. The fraction of sp³-hybridized carbons (Fsp3) is 0.278. The maximum atomic E-state index is 12.5. The van der Waals surface area contributed by atoms with Gasteiger partial charge in [-0.25, -0.2) is 0 Å². The van der Waals surface area contributed by atoms with Gasteiger partial charge < -0.3 is 15.6 Å². The summed E-state index contributed by atoms with van der Waals surface area (Å²) in [7, 11) is 0. The van der Waals surface area contributed by atoms with Crippen LogP contribution in [0.15, 0.2) is 41.5 Å². The van der Waals surface area contributed by atoms with E-state index in [9.17, 15) is 18.0 Å². The number of benzene rings is 1. The van der Waals surface area contributed by atoms with E-state index >= 15 is 0 Å². The highest BCUT2D eigenvalue weighted by molar-refractivity contribution is 5.95. The Balaban J connectivity index is 1.74. The van der Waals surface area contributed by atoms with Gasteiger partial charge >= 0.3 is 6.18 Å². The molecule has 0 atom stereocenters. The van der Waals surface area contributed by atoms with Gasteiger partial charge in [0.2, 0.25) is 5.95 Å². The SMILES string of the molecule is Nc1nc(=NCC(F)(F)F)c2cc[nH]c2n1-c1ccc(C(=O)N2CCC2)cc1. The van der Waals surface area contributed by atoms with Crippen LogP contribution in [0.25, 0.3) is 16.7 Å². The summed E-state index contributed by atoms with van der Waals surface area (Å²) in [5, 5.41) is 0.416. The molecule has 0 saturated carbocycles. The second-order valence-corrected chi connectivity index (χ2v) is 6.49. The summed E-state index contributed by atoms with van der Waals surface area (Å²) in [6, 6.07) is 8.42. The van der Waals surface area contributed by atoms with Crippen LogP contribution in [0.1, 0.15) is 16.8 Å². The number of nitrogens with one attached hydrogen (secondary N) is 1. The van der Waals surface area contributed by atoms with Crippen molar-refractivity contribution in [2.75, 3.05) is 25.4 Å². The molecule has 0 aliphatic carbocycles. The molecule has 0 bridgehead atoms. The van der Waals surface area contributed by atoms with Crippen LogP contribution in [-0.4, -0.2) is 51.2 Å². The lowest BCUT2D eigenvalue weighted by molar-refractivity contribution is -0.118. The number of fused-ring (bicyclic) bond motifs is 1. The van der Waals surface area contributed by atoms with Crippen LogP contribution in [-0.2, 0) is 0 Å². The van der Waals surface area contributed by atoms with Gasteiger partial charge in [0.15, 0.2) is 5.49 Å². The molecule has 0 radical (unpaired) electrons. The molecule has 1 fully saturated rings. The highest BCUT2D eigenvalue weighted by Crippen LogP contribution is 2.20. The van der Waals surface area contributed by atoms with Crippen LogP contribution in [0.2, 0.25) is 0 Å². The van der Waals surface area contributed by atoms with Gasteiger partial charge in [-0.1, -0.05) is 0 Å². The topological polar surface area (TPSA) is 92.3 Å². The van der Waals surface area contributed by atoms with Crippen LogP contribution in [0, 0.1) is 0 Å². The second kappa shape index (κ2) is 6.70. The van der Waals surface area contributed by atoms with Crippen molar-refractivity contribution in [2.24, 2.45) is 4.99 Å². The van der Waals surface area contributed by atoms with Gasteiger partial charge in [-0.15, -0.1) is 0 Å². The first-order valence-electron chi connectivity index (χ1n) is 8.66. The summed E-state index contributed by atoms with van der Waals surface area (Å²) in [6.45, 7) is 0.188. The summed E-state index contributed by atoms with van der Waals surface area (Å²) in [5.74, 6) is -0.0436. The van der Waals surface area contributed by atoms with Gasteiger partial charge in [-0.3, -0.25) is 14.4 Å². The maximum absolute atomic E-state index is 12.5. The fourth-order valence-corrected chi connectivity index (χ4v) is 3.06. The number of aromatic nitrogens is 3. The molecular weight excluding hydrogens is 373 g/mol. The smallest absolute Gasteiger partial charge is 0.369 e. The second-order valence-electron chi connectivity index (χ2n) is 6.49. The molecule has 0 unspecified atom stereocenters. The number of nitrogens with zero attached hydrogens (tertiary/aromatic N) is 4. The molecule has 1 aliphatic rings. The van der Waals surface area contributed by atoms with E-state index in [0.29, 0.717) is 22.3 Å². The van der Waals surface area contributed by atoms with Crippen LogP contribution in [0.3, 0.4) is 0 Å². The quantitative estimate of drug-likeness (QED) is 0.718. The normalized spacial score (nSPS) is 15.1. The van der Waals surface area contributed by atoms with E-state index in [1.54, 1.807) is 46.0 Å². The van der Waals surface area contributed by atoms with Gasteiger partial charge in [0.05, 0.1) is 11.1 Å². The van der Waals surface area contributed by atoms with Gasteiger partial charge in [-0.2, -0.15) is 18.2 Å². The monoisotopic (exact) mass is 390 g/mol. The minimum atomic E-state index is -4.43. The summed E-state index contributed by atoms with van der Waals surface area (Å²) in [5.41, 5.74) is 7.59. The Labute approximate surface area is 157 Å². The lowest BCUT2D eigenvalue weighted by atomic mass is 10.1. The highest BCUT2D eigenvalue weighted by Gasteiger charge is 2.26. The zero-order chi connectivity index (χ0) is 19.9. The third-order valence-electron chi connectivity index (χ3n) is 4.56. The predicted molar refractivity (Wildman–Crippen MR) is 96.8 cm³/mol. The van der Waals surface area contributed by atoms with Crippen molar-refractivity contribution in [1.29, 1.82) is 0 Å². The summed E-state index contributed by atoms with van der Waals surface area (Å²) >= 11 is 0. The molecule has 7 nitrogen and oxygen atoms in total. The van der Waals surface area contributed by atoms with Gasteiger partial charge in [0.1, 0.15) is 12.2 Å². The van der Waals surface area contributed by atoms with Crippen LogP contribution in [0.5, 0.6) is 0 Å². The minimum Gasteiger partial charge on any atom is -0.369 e. The number of alkyl halides is 3. The first kappa shape index (κ1) is 18.1. The van der Waals surface area contributed by atoms with E-state index in [2.05, 4.69) is 15.0 Å². The zero-order valence-corrected chi connectivity index (χ0v) is 14.7. The van der Waals surface area contributed by atoms with Gasteiger partial charge in [0, 0.05) is 24.8 Å². The van der Waals surface area contributed by atoms with Crippen molar-refractivity contribution in [3.8, 4) is 5.69 Å². The van der Waals surface area contributed by atoms with E-state index < -0.39 is 12.7 Å². The predicted octanol–water partition coefficient (Wildman–Crippen LogP) is 2.24. The molecular formula is C18H17F3N6O. The molecule has 1 aliphatic heterocycles. The number of nitrogen functional groups attached to an aromatic ring is 1. The molecule has 10 heteroatoms. The molecule has 1 amide bonds. The molecule has 0 spiro atoms. The van der Waals surface area contributed by atoms with E-state index in [-0.39, 0.29) is 17.3 Å². The number of hydrogen-bond acceptors (Lipinski definition) is 4. The molecule has 3 heterocycles. The van der Waals surface area contributed by atoms with E-state index in [4.69, 9.17) is 5.73 Å². The number of carbonyl (C=O) groups excluding carboxylic acids is 1. The first-order chi connectivity index (χ1) is 13.3. The van der Waals surface area contributed by atoms with Crippen molar-refractivity contribution < 1.29 is 18.0 Å². The van der Waals surface area contributed by atoms with Crippen molar-refractivity contribution in [1.82, 2.24) is 19.4 Å². The van der Waals surface area contributed by atoms with Crippen molar-refractivity contribution in [3.05, 3.63) is 47.6 Å². The molecule has 1 saturated heterocycles. The standard InChI is InChI=1S/C18H17F3N6O/c19-18(20,21)10-24-14-13-6-7-23-15(13)27(17(22)25-14)12-4-2-11(3-5-12)16(28)26-8-1-9-26/h2-7,23H,1,8-10H2,(H2,22,24,25). The van der Waals surface area contributed by atoms with Crippen LogP contribution in [0.4, 0.5) is 19.1 Å². The number of likely N-dealkylation sites (tertiary alicyclic amines) is 1. The Morgan fingerprint density at radius 3 is 2.54 bits per heavy atom. The molecule has 3 N–H and O–H groups in total. The zero-order valence-electron chi connectivity index (χ0n) is 14.7. The fourth-order valence-electron chi connectivity index (χ4n) is 3.06. The van der Waals surface area contributed by atoms with Crippen LogP contribution < -0.4 is 11.2 Å². The third-order valence-corrected chi connectivity index (χ3v) is 4.56. The lowest BCUT2D eigenvalue weighted by Crippen LogP contribution is -2.41. The molecule has 28 heavy (non-hydrogen) atoms. The molecule has 2 aromatic heterocycles. The largest absolute Gasteiger partial charge is 0.408 e. The Morgan fingerprint density at radius 1 is 1.21 bits per heavy atom. The molecule has 4 rings (SSSR count). The molecule has 3 aromatic rings. The Bertz CT molecular complexity index is 1090. The Hall–Kier alpha value is -3.30. The van der Waals surface area contributed by atoms with Gasteiger partial charge in [0.25, 0.3) is 5.91 Å². The lowest BCUT2D eigenvalue weighted by Gasteiger charge is -2.30. The molecule has 146 valence electrons. The van der Waals surface area contributed by atoms with Crippen LogP contribution >= 0.6 is 0 Å². The molecule has 1 aromatic carbocycles. The number of H-pyrrole nitrogens is 1. The summed E-state index contributed by atoms with van der Waals surface area (Å²) in [4.78, 5) is 24.6. The number of carbonyl (C=O) groups is 1. The van der Waals surface area contributed by atoms with Gasteiger partial charge in [-0.05, 0) is 36.8 Å². The van der Waals surface area contributed by atoms with E-state index in [1.807, 2.05) is 0 Å². The maximum Gasteiger partial charge on any atom is 0.408 e. The number of hydrogen-bond donors (Lipinski definition) is 2. The summed E-state index contributed by atoms with van der Waals surface area (Å²) in [6.07, 6.45) is -1.83. The average molecular weight is 390 g/mol. The minimum absolute atomic E-state index is 0.0160.